The van der Waals surface area contributed by atoms with Crippen LogP contribution in [0.5, 0.6) is 0 Å². The Bertz CT molecular complexity index is 1720. The molecule has 3 heterocycles. The number of benzene rings is 2. The topological polar surface area (TPSA) is 133 Å². The van der Waals surface area contributed by atoms with Gasteiger partial charge in [0.2, 0.25) is 0 Å². The number of rotatable bonds is 4. The summed E-state index contributed by atoms with van der Waals surface area (Å²) in [6.45, 7) is 0.191. The van der Waals surface area contributed by atoms with Crippen LogP contribution in [0.3, 0.4) is 0 Å². The minimum Gasteiger partial charge on any atom is -0.511 e. The summed E-state index contributed by atoms with van der Waals surface area (Å²) in [6.07, 6.45) is 3.67. The van der Waals surface area contributed by atoms with Crippen LogP contribution in [0.4, 0.5) is 10.1 Å². The van der Waals surface area contributed by atoms with Gasteiger partial charge in [-0.25, -0.2) is 12.8 Å². The van der Waals surface area contributed by atoms with Crippen LogP contribution in [-0.4, -0.2) is 50.4 Å². The zero-order valence-corrected chi connectivity index (χ0v) is 23.1. The molecule has 0 radical (unpaired) electrons. The Morgan fingerprint density at radius 2 is 1.77 bits per heavy atom. The van der Waals surface area contributed by atoms with Crippen molar-refractivity contribution in [1.29, 1.82) is 0 Å². The minimum atomic E-state index is -4.32. The number of fused-ring (bicyclic) bond motifs is 6. The second-order valence-corrected chi connectivity index (χ2v) is 15.3. The first kappa shape index (κ1) is 25.7. The van der Waals surface area contributed by atoms with Crippen molar-refractivity contribution < 1.29 is 31.1 Å². The van der Waals surface area contributed by atoms with Gasteiger partial charge in [-0.1, -0.05) is 18.2 Å². The van der Waals surface area contributed by atoms with Crippen molar-refractivity contribution in [3.8, 4) is 0 Å². The molecule has 12 heteroatoms. The molecule has 1 saturated heterocycles. The fourth-order valence-corrected chi connectivity index (χ4v) is 10.6. The summed E-state index contributed by atoms with van der Waals surface area (Å²) >= 11 is 0. The Kier molecular flexibility index (Phi) is 5.70. The largest absolute Gasteiger partial charge is 0.511 e. The molecule has 1 amide bonds. The normalized spacial score (nSPS) is 31.5. The van der Waals surface area contributed by atoms with E-state index in [-0.39, 0.29) is 69.7 Å². The molecule has 9 nitrogen and oxygen atoms in total. The number of sulfonamides is 1. The van der Waals surface area contributed by atoms with Crippen molar-refractivity contribution in [1.82, 2.24) is 4.90 Å². The van der Waals surface area contributed by atoms with E-state index >= 15 is 0 Å². The van der Waals surface area contributed by atoms with Gasteiger partial charge in [-0.05, 0) is 79.3 Å². The lowest BCUT2D eigenvalue weighted by molar-refractivity contribution is -0.134. The van der Waals surface area contributed by atoms with Gasteiger partial charge in [-0.3, -0.25) is 4.79 Å². The number of hydrogen-bond acceptors (Lipinski definition) is 7. The van der Waals surface area contributed by atoms with E-state index in [0.29, 0.717) is 18.4 Å². The molecule has 7 rings (SSSR count). The van der Waals surface area contributed by atoms with Crippen molar-refractivity contribution >= 4 is 37.3 Å². The highest BCUT2D eigenvalue weighted by molar-refractivity contribution is 7.92. The summed E-state index contributed by atoms with van der Waals surface area (Å²) in [5.41, 5.74) is 1.11. The zero-order valence-electron chi connectivity index (χ0n) is 21.5. The third kappa shape index (κ3) is 3.90. The molecule has 3 aliphatic heterocycles. The summed E-state index contributed by atoms with van der Waals surface area (Å²) in [5.74, 6) is -1.20. The molecule has 2 N–H and O–H groups in total. The fraction of sp³-hybridized carbons (Fsp3) is 0.429. The Morgan fingerprint density at radius 1 is 1.02 bits per heavy atom. The van der Waals surface area contributed by atoms with Gasteiger partial charge in [0.05, 0.1) is 16.7 Å². The highest BCUT2D eigenvalue weighted by Gasteiger charge is 2.57. The molecule has 5 aliphatic rings. The standard InChI is InChI=1S/C28H28FN3O6S2/c29-19-8-3-15(4-9-19)14-32-25-18-6-5-17(12-18)23(25)26(33)24(28(32)34)27-30-20-10-7-16(13-22(20)40(37,38)31-27)21-2-1-11-39(21,35)36/h3-4,7-10,13,17-18,21,23,25,33H,1-2,5-6,11-12,14H2,(H,30,31)/t17-,18+,21?,23?,25-/m0/s1. The van der Waals surface area contributed by atoms with E-state index < -0.39 is 31.0 Å². The van der Waals surface area contributed by atoms with Gasteiger partial charge >= 0.3 is 0 Å². The van der Waals surface area contributed by atoms with E-state index in [1.165, 1.54) is 24.3 Å². The van der Waals surface area contributed by atoms with Crippen LogP contribution in [0, 0.1) is 23.6 Å². The molecule has 0 aromatic heterocycles. The summed E-state index contributed by atoms with van der Waals surface area (Å²) < 4.78 is 69.2. The lowest BCUT2D eigenvalue weighted by Crippen LogP contribution is -2.53. The molecule has 2 aliphatic carbocycles. The number of carbonyl (C=O) groups is 1. The third-order valence-corrected chi connectivity index (χ3v) is 12.8. The van der Waals surface area contributed by atoms with Crippen LogP contribution in [0.25, 0.3) is 0 Å². The van der Waals surface area contributed by atoms with Crippen molar-refractivity contribution in [2.24, 2.45) is 22.2 Å². The predicted octanol–water partition coefficient (Wildman–Crippen LogP) is 3.86. The molecule has 2 unspecified atom stereocenters. The molecule has 2 saturated carbocycles. The van der Waals surface area contributed by atoms with Gasteiger partial charge in [-0.2, -0.15) is 8.42 Å². The van der Waals surface area contributed by atoms with Gasteiger partial charge in [0, 0.05) is 18.5 Å². The maximum absolute atomic E-state index is 14.0. The number of amidine groups is 1. The number of carbonyl (C=O) groups excluding carboxylic acids is 1. The highest BCUT2D eigenvalue weighted by Crippen LogP contribution is 2.55. The van der Waals surface area contributed by atoms with Crippen LogP contribution in [0.2, 0.25) is 0 Å². The smallest absolute Gasteiger partial charge is 0.286 e. The molecule has 2 aromatic carbocycles. The van der Waals surface area contributed by atoms with E-state index in [1.807, 2.05) is 0 Å². The average molecular weight is 586 g/mol. The number of amides is 1. The second-order valence-electron chi connectivity index (χ2n) is 11.5. The number of aliphatic hydroxyl groups excluding tert-OH is 1. The number of nitrogens with one attached hydrogen (secondary N) is 1. The first-order chi connectivity index (χ1) is 19.0. The second kappa shape index (κ2) is 8.87. The SMILES string of the molecule is O=C1C(C2=NS(=O)(=O)c3cc(C4CCCS4(=O)=O)ccc3N2)=C(O)C2[C@H]3CC[C@H](C3)[C@@H]2N1Cc1ccc(F)cc1. The maximum atomic E-state index is 14.0. The number of hydrogen-bond donors (Lipinski definition) is 2. The summed E-state index contributed by atoms with van der Waals surface area (Å²) in [4.78, 5) is 15.5. The molecule has 5 atom stereocenters. The summed E-state index contributed by atoms with van der Waals surface area (Å²) in [7, 11) is -7.67. The van der Waals surface area contributed by atoms with Crippen LogP contribution >= 0.6 is 0 Å². The maximum Gasteiger partial charge on any atom is 0.286 e. The van der Waals surface area contributed by atoms with Crippen molar-refractivity contribution in [2.45, 2.75) is 54.8 Å². The van der Waals surface area contributed by atoms with Gasteiger partial charge < -0.3 is 15.3 Å². The summed E-state index contributed by atoms with van der Waals surface area (Å²) in [6, 6.07) is 10.1. The quantitative estimate of drug-likeness (QED) is 0.557. The van der Waals surface area contributed by atoms with Gasteiger partial charge in [0.1, 0.15) is 22.0 Å². The van der Waals surface area contributed by atoms with E-state index in [4.69, 9.17) is 0 Å². The molecule has 0 spiro atoms. The number of sulfone groups is 1. The number of halogens is 1. The highest BCUT2D eigenvalue weighted by atomic mass is 32.2. The molecular weight excluding hydrogens is 557 g/mol. The lowest BCUT2D eigenvalue weighted by atomic mass is 9.77. The average Bonchev–Trinajstić information content (AvgIpc) is 3.62. The molecule has 3 fully saturated rings. The zero-order chi connectivity index (χ0) is 28.0. The van der Waals surface area contributed by atoms with Crippen LogP contribution in [-0.2, 0) is 31.2 Å². The Balaban J connectivity index is 1.28. The van der Waals surface area contributed by atoms with Crippen LogP contribution < -0.4 is 5.32 Å². The van der Waals surface area contributed by atoms with Crippen molar-refractivity contribution in [3.05, 3.63) is 70.7 Å². The van der Waals surface area contributed by atoms with Crippen molar-refractivity contribution in [2.75, 3.05) is 11.1 Å². The first-order valence-electron chi connectivity index (χ1n) is 13.5. The minimum absolute atomic E-state index is 0.0655. The number of aliphatic hydroxyl groups is 1. The van der Waals surface area contributed by atoms with Gasteiger partial charge in [0.15, 0.2) is 15.7 Å². The lowest BCUT2D eigenvalue weighted by Gasteiger charge is -2.44. The monoisotopic (exact) mass is 585 g/mol. The molecule has 210 valence electrons. The molecular formula is C28H28FN3O6S2. The third-order valence-electron chi connectivity index (χ3n) is 9.23. The van der Waals surface area contributed by atoms with E-state index in [9.17, 15) is 31.1 Å². The van der Waals surface area contributed by atoms with E-state index in [1.54, 1.807) is 23.1 Å². The Morgan fingerprint density at radius 3 is 2.50 bits per heavy atom. The van der Waals surface area contributed by atoms with Gasteiger partial charge in [-0.15, -0.1) is 4.40 Å². The first-order valence-corrected chi connectivity index (χ1v) is 16.7. The van der Waals surface area contributed by atoms with Crippen LogP contribution in [0.1, 0.15) is 48.5 Å². The fourth-order valence-electron chi connectivity index (χ4n) is 7.49. The molecule has 2 aromatic rings. The number of nitrogens with zero attached hydrogens (tertiary/aromatic N) is 2. The summed E-state index contributed by atoms with van der Waals surface area (Å²) in [5, 5.41) is 13.6. The van der Waals surface area contributed by atoms with E-state index in [2.05, 4.69) is 9.71 Å². The molecule has 2 bridgehead atoms. The van der Waals surface area contributed by atoms with Gasteiger partial charge in [0.25, 0.3) is 15.9 Å². The Labute approximate surface area is 231 Å². The molecule has 40 heavy (non-hydrogen) atoms. The van der Waals surface area contributed by atoms with E-state index in [0.717, 1.165) is 24.8 Å². The van der Waals surface area contributed by atoms with Crippen LogP contribution in [0.15, 0.2) is 63.1 Å². The number of anilines is 1. The Hall–Kier alpha value is -3.25. The van der Waals surface area contributed by atoms with Crippen molar-refractivity contribution in [3.63, 3.8) is 0 Å². The predicted molar refractivity (Wildman–Crippen MR) is 145 cm³/mol.